The molecular formula is C12H20ClN3O3S. The monoisotopic (exact) mass is 321 g/mol. The van der Waals surface area contributed by atoms with Crippen LogP contribution in [0.25, 0.3) is 0 Å². The molecule has 0 atom stereocenters. The Morgan fingerprint density at radius 3 is 2.45 bits per heavy atom. The summed E-state index contributed by atoms with van der Waals surface area (Å²) in [7, 11) is 1.51. The van der Waals surface area contributed by atoms with E-state index in [9.17, 15) is 13.2 Å². The van der Waals surface area contributed by atoms with Crippen LogP contribution in [-0.2, 0) is 20.4 Å². The quantitative estimate of drug-likeness (QED) is 0.807. The minimum absolute atomic E-state index is 0.0167. The summed E-state index contributed by atoms with van der Waals surface area (Å²) in [4.78, 5) is 11.7. The van der Waals surface area contributed by atoms with Crippen LogP contribution < -0.4 is 5.32 Å². The van der Waals surface area contributed by atoms with E-state index >= 15 is 0 Å². The Morgan fingerprint density at radius 2 is 2.00 bits per heavy atom. The Morgan fingerprint density at radius 1 is 1.40 bits per heavy atom. The molecule has 1 aromatic rings. The van der Waals surface area contributed by atoms with Crippen LogP contribution in [0.1, 0.15) is 31.7 Å². The summed E-state index contributed by atoms with van der Waals surface area (Å²) in [6, 6.07) is 0. The van der Waals surface area contributed by atoms with Gasteiger partial charge in [0.25, 0.3) is 9.05 Å². The van der Waals surface area contributed by atoms with E-state index in [-0.39, 0.29) is 17.3 Å². The van der Waals surface area contributed by atoms with Gasteiger partial charge in [-0.3, -0.25) is 9.48 Å². The van der Waals surface area contributed by atoms with E-state index in [1.807, 2.05) is 0 Å². The molecule has 1 amide bonds. The Balaban J connectivity index is 2.77. The lowest BCUT2D eigenvalue weighted by Crippen LogP contribution is -2.29. The fraction of sp³-hybridized carbons (Fsp3) is 0.667. The van der Waals surface area contributed by atoms with E-state index < -0.39 is 9.05 Å². The van der Waals surface area contributed by atoms with Crippen molar-refractivity contribution in [3.8, 4) is 0 Å². The summed E-state index contributed by atoms with van der Waals surface area (Å²) in [6.07, 6.45) is 0.893. The van der Waals surface area contributed by atoms with Gasteiger partial charge in [-0.2, -0.15) is 5.10 Å². The molecule has 0 aliphatic carbocycles. The fourth-order valence-corrected chi connectivity index (χ4v) is 3.40. The average molecular weight is 322 g/mol. The van der Waals surface area contributed by atoms with Crippen LogP contribution in [0.3, 0.4) is 0 Å². The Hall–Kier alpha value is -1.08. The lowest BCUT2D eigenvalue weighted by atomic mass is 10.1. The number of aromatic nitrogens is 2. The van der Waals surface area contributed by atoms with Crippen LogP contribution in [-0.4, -0.2) is 30.7 Å². The second kappa shape index (κ2) is 6.58. The van der Waals surface area contributed by atoms with E-state index in [1.54, 1.807) is 13.8 Å². The maximum Gasteiger partial charge on any atom is 0.264 e. The summed E-state index contributed by atoms with van der Waals surface area (Å²) < 4.78 is 24.2. The van der Waals surface area contributed by atoms with Crippen molar-refractivity contribution in [2.75, 3.05) is 6.54 Å². The highest BCUT2D eigenvalue weighted by atomic mass is 35.7. The van der Waals surface area contributed by atoms with Crippen molar-refractivity contribution in [2.24, 2.45) is 5.92 Å². The summed E-state index contributed by atoms with van der Waals surface area (Å²) in [5, 5.41) is 6.83. The van der Waals surface area contributed by atoms with Gasteiger partial charge in [-0.15, -0.1) is 0 Å². The lowest BCUT2D eigenvalue weighted by molar-refractivity contribution is -0.121. The molecule has 6 nitrogen and oxygen atoms in total. The van der Waals surface area contributed by atoms with Crippen molar-refractivity contribution in [2.45, 2.75) is 45.6 Å². The van der Waals surface area contributed by atoms with E-state index in [4.69, 9.17) is 10.7 Å². The van der Waals surface area contributed by atoms with Crippen molar-refractivity contribution in [3.63, 3.8) is 0 Å². The molecule has 0 bridgehead atoms. The maximum absolute atomic E-state index is 11.8. The van der Waals surface area contributed by atoms with Crippen LogP contribution in [0.5, 0.6) is 0 Å². The number of aryl methyl sites for hydroxylation is 1. The molecule has 8 heteroatoms. The normalized spacial score (nSPS) is 11.9. The smallest absolute Gasteiger partial charge is 0.264 e. The number of nitrogens with zero attached hydrogens (tertiary/aromatic N) is 2. The molecule has 114 valence electrons. The highest BCUT2D eigenvalue weighted by Crippen LogP contribution is 2.22. The molecular weight excluding hydrogens is 302 g/mol. The van der Waals surface area contributed by atoms with Crippen LogP contribution >= 0.6 is 10.7 Å². The molecule has 20 heavy (non-hydrogen) atoms. The van der Waals surface area contributed by atoms with Crippen molar-refractivity contribution in [3.05, 3.63) is 11.4 Å². The van der Waals surface area contributed by atoms with Gasteiger partial charge in [0.2, 0.25) is 5.91 Å². The van der Waals surface area contributed by atoms with Gasteiger partial charge < -0.3 is 5.32 Å². The zero-order chi connectivity index (χ0) is 15.5. The van der Waals surface area contributed by atoms with Gasteiger partial charge in [-0.25, -0.2) is 8.42 Å². The molecule has 0 fully saturated rings. The molecule has 0 saturated carbocycles. The first-order valence-electron chi connectivity index (χ1n) is 6.38. The third-order valence-corrected chi connectivity index (χ3v) is 4.44. The van der Waals surface area contributed by atoms with Gasteiger partial charge in [0.1, 0.15) is 11.4 Å². The number of halogens is 1. The molecule has 1 N–H and O–H groups in total. The van der Waals surface area contributed by atoms with Crippen LogP contribution in [0.4, 0.5) is 0 Å². The zero-order valence-electron chi connectivity index (χ0n) is 12.1. The summed E-state index contributed by atoms with van der Waals surface area (Å²) in [6.45, 7) is 7.86. The second-order valence-electron chi connectivity index (χ2n) is 5.13. The van der Waals surface area contributed by atoms with Gasteiger partial charge in [0, 0.05) is 17.2 Å². The molecule has 1 aromatic heterocycles. The minimum Gasteiger partial charge on any atom is -0.354 e. The van der Waals surface area contributed by atoms with E-state index in [0.29, 0.717) is 23.9 Å². The lowest BCUT2D eigenvalue weighted by Gasteiger charge is -2.08. The third-order valence-electron chi connectivity index (χ3n) is 2.90. The first kappa shape index (κ1) is 17.0. The van der Waals surface area contributed by atoms with Crippen molar-refractivity contribution < 1.29 is 13.2 Å². The minimum atomic E-state index is -3.85. The fourth-order valence-electron chi connectivity index (χ4n) is 1.88. The number of carbonyl (C=O) groups excluding carboxylic acids is 1. The Bertz CT molecular complexity index is 593. The SMILES string of the molecule is Cc1nn(CC(=O)NCCC(C)C)c(C)c1S(=O)(=O)Cl. The Kier molecular flexibility index (Phi) is 5.59. The summed E-state index contributed by atoms with van der Waals surface area (Å²) in [5.74, 6) is 0.312. The van der Waals surface area contributed by atoms with Crippen LogP contribution in [0, 0.1) is 19.8 Å². The highest BCUT2D eigenvalue weighted by molar-refractivity contribution is 8.13. The topological polar surface area (TPSA) is 81.1 Å². The molecule has 0 spiro atoms. The number of nitrogens with one attached hydrogen (secondary N) is 1. The molecule has 0 aliphatic rings. The molecule has 0 aromatic carbocycles. The molecule has 1 rings (SSSR count). The predicted molar refractivity (Wildman–Crippen MR) is 77.2 cm³/mol. The molecule has 0 saturated heterocycles. The van der Waals surface area contributed by atoms with Crippen molar-refractivity contribution in [1.29, 1.82) is 0 Å². The number of carbonyl (C=O) groups is 1. The van der Waals surface area contributed by atoms with E-state index in [1.165, 1.54) is 4.68 Å². The van der Waals surface area contributed by atoms with Gasteiger partial charge >= 0.3 is 0 Å². The predicted octanol–water partition coefficient (Wildman–Crippen LogP) is 1.59. The average Bonchev–Trinajstić information content (AvgIpc) is 2.52. The van der Waals surface area contributed by atoms with Crippen LogP contribution in [0.15, 0.2) is 4.90 Å². The molecule has 1 heterocycles. The van der Waals surface area contributed by atoms with Gasteiger partial charge in [-0.05, 0) is 26.2 Å². The largest absolute Gasteiger partial charge is 0.354 e. The number of hydrogen-bond donors (Lipinski definition) is 1. The standard InChI is InChI=1S/C12H20ClN3O3S/c1-8(2)5-6-14-11(17)7-16-10(4)12(9(3)15-16)20(13,18)19/h8H,5-7H2,1-4H3,(H,14,17). The second-order valence-corrected chi connectivity index (χ2v) is 7.63. The van der Waals surface area contributed by atoms with E-state index in [0.717, 1.165) is 6.42 Å². The summed E-state index contributed by atoms with van der Waals surface area (Å²) in [5.41, 5.74) is 0.670. The number of amides is 1. The molecule has 0 unspecified atom stereocenters. The van der Waals surface area contributed by atoms with Gasteiger partial charge in [0.05, 0.1) is 11.4 Å². The van der Waals surface area contributed by atoms with Crippen LogP contribution in [0.2, 0.25) is 0 Å². The van der Waals surface area contributed by atoms with Gasteiger partial charge in [0.15, 0.2) is 0 Å². The highest BCUT2D eigenvalue weighted by Gasteiger charge is 2.23. The van der Waals surface area contributed by atoms with Crippen molar-refractivity contribution >= 4 is 25.6 Å². The molecule has 0 aliphatic heterocycles. The van der Waals surface area contributed by atoms with E-state index in [2.05, 4.69) is 24.3 Å². The number of hydrogen-bond acceptors (Lipinski definition) is 4. The third kappa shape index (κ3) is 4.49. The van der Waals surface area contributed by atoms with Crippen molar-refractivity contribution in [1.82, 2.24) is 15.1 Å². The Labute approximate surface area is 123 Å². The first-order chi connectivity index (χ1) is 9.12. The molecule has 0 radical (unpaired) electrons. The maximum atomic E-state index is 11.8. The van der Waals surface area contributed by atoms with Gasteiger partial charge in [-0.1, -0.05) is 13.8 Å². The zero-order valence-corrected chi connectivity index (χ0v) is 13.7. The first-order valence-corrected chi connectivity index (χ1v) is 8.69. The summed E-state index contributed by atoms with van der Waals surface area (Å²) >= 11 is 0. The number of rotatable bonds is 6.